The number of rotatable bonds is 3. The van der Waals surface area contributed by atoms with Crippen LogP contribution in [0.3, 0.4) is 0 Å². The van der Waals surface area contributed by atoms with Crippen molar-refractivity contribution in [3.05, 3.63) is 35.9 Å². The van der Waals surface area contributed by atoms with E-state index in [1.165, 1.54) is 0 Å². The first-order chi connectivity index (χ1) is 10.2. The molecule has 3 nitrogen and oxygen atoms in total. The van der Waals surface area contributed by atoms with E-state index in [2.05, 4.69) is 5.32 Å². The third-order valence-corrected chi connectivity index (χ3v) is 3.32. The van der Waals surface area contributed by atoms with Crippen LogP contribution in [-0.4, -0.2) is 25.6 Å². The summed E-state index contributed by atoms with van der Waals surface area (Å²) in [4.78, 5) is 12.6. The third kappa shape index (κ3) is 2.85. The Morgan fingerprint density at radius 2 is 2.11 bits per heavy atom. The number of hydrogen-bond acceptors (Lipinski definition) is 3. The summed E-state index contributed by atoms with van der Waals surface area (Å²) < 4.78 is 41.4. The second-order valence-corrected chi connectivity index (χ2v) is 4.19. The molecular weight excluding hydrogens is 250 g/mol. The maximum Gasteiger partial charge on any atom is 0.316 e. The Hall–Kier alpha value is -1.06. The minimum atomic E-state index is -3.02. The number of halogens is 1. The quantitative estimate of drug-likeness (QED) is 0.860. The molecule has 1 N–H and O–H groups in total. The van der Waals surface area contributed by atoms with E-state index in [1.807, 2.05) is 6.07 Å². The van der Waals surface area contributed by atoms with Gasteiger partial charge >= 0.3 is 5.97 Å². The smallest absolute Gasteiger partial charge is 0.316 e. The molecule has 1 heterocycles. The molecule has 0 unspecified atom stereocenters. The minimum Gasteiger partial charge on any atom is -0.465 e. The van der Waals surface area contributed by atoms with Gasteiger partial charge in [-0.2, -0.15) is 0 Å². The van der Waals surface area contributed by atoms with E-state index >= 15 is 0 Å². The number of piperidine rings is 1. The van der Waals surface area contributed by atoms with Gasteiger partial charge in [-0.1, -0.05) is 30.3 Å². The zero-order valence-electron chi connectivity index (χ0n) is 14.9. The molecule has 0 spiro atoms. The summed E-state index contributed by atoms with van der Waals surface area (Å²) in [5, 5.41) is 3.14. The van der Waals surface area contributed by atoms with Crippen LogP contribution in [0.1, 0.15) is 32.1 Å². The second-order valence-electron chi connectivity index (χ2n) is 4.19. The largest absolute Gasteiger partial charge is 0.465 e. The summed E-state index contributed by atoms with van der Waals surface area (Å²) >= 11 is 0. The fraction of sp³-hybridized carbons (Fsp3) is 0.500. The van der Waals surface area contributed by atoms with Gasteiger partial charge in [0.15, 0.2) is 0 Å². The maximum atomic E-state index is 12.6. The van der Waals surface area contributed by atoms with E-state index in [9.17, 15) is 4.79 Å². The Labute approximate surface area is 121 Å². The van der Waals surface area contributed by atoms with Gasteiger partial charge in [0.25, 0.3) is 0 Å². The number of hydrogen-bond donors (Lipinski definition) is 1. The summed E-state index contributed by atoms with van der Waals surface area (Å²) in [6, 6.07) is 9.00. The van der Waals surface area contributed by atoms with E-state index in [0.717, 1.165) is 5.56 Å². The number of ether oxygens (including phenoxy) is 1. The minimum absolute atomic E-state index is 0. The molecule has 1 fully saturated rings. The molecule has 100 valence electrons. The van der Waals surface area contributed by atoms with E-state index in [4.69, 9.17) is 11.6 Å². The Morgan fingerprint density at radius 1 is 1.44 bits per heavy atom. The molecule has 4 heteroatoms. The molecule has 0 saturated carbocycles. The van der Waals surface area contributed by atoms with Gasteiger partial charge in [0.1, 0.15) is 0 Å². The highest BCUT2D eigenvalue weighted by Gasteiger charge is 2.42. The molecule has 0 aromatic heterocycles. The number of benzene rings is 1. The molecule has 1 aromatic carbocycles. The van der Waals surface area contributed by atoms with Gasteiger partial charge in [0.2, 0.25) is 0 Å². The van der Waals surface area contributed by atoms with Crippen molar-refractivity contribution in [2.24, 2.45) is 0 Å². The first-order valence-corrected chi connectivity index (χ1v) is 5.69. The highest BCUT2D eigenvalue weighted by molar-refractivity contribution is 5.85. The van der Waals surface area contributed by atoms with Crippen molar-refractivity contribution in [3.8, 4) is 0 Å². The second kappa shape index (κ2) is 6.76. The van der Waals surface area contributed by atoms with Crippen LogP contribution >= 0.6 is 12.4 Å². The number of carbonyl (C=O) groups excluding carboxylic acids is 1. The van der Waals surface area contributed by atoms with E-state index in [0.29, 0.717) is 25.9 Å². The average molecular weight is 275 g/mol. The van der Waals surface area contributed by atoms with E-state index < -0.39 is 24.8 Å². The molecule has 0 radical (unpaired) electrons. The number of esters is 1. The zero-order valence-corrected chi connectivity index (χ0v) is 10.8. The predicted molar refractivity (Wildman–Crippen MR) is 74.1 cm³/mol. The summed E-state index contributed by atoms with van der Waals surface area (Å²) in [5.41, 5.74) is -0.284. The van der Waals surface area contributed by atoms with Crippen LogP contribution in [0.5, 0.6) is 0 Å². The summed E-state index contributed by atoms with van der Waals surface area (Å²) in [6.07, 6.45) is 0.875. The first kappa shape index (κ1) is 8.94. The highest BCUT2D eigenvalue weighted by Crippen LogP contribution is 2.34. The zero-order chi connectivity index (χ0) is 16.4. The normalized spacial score (nSPS) is 23.2. The molecular formula is C14H20ClNO2. The van der Waals surface area contributed by atoms with Gasteiger partial charge in [0.05, 0.1) is 14.7 Å². The van der Waals surface area contributed by atoms with Gasteiger partial charge in [-0.25, -0.2) is 0 Å². The first-order valence-electron chi connectivity index (χ1n) is 8.19. The van der Waals surface area contributed by atoms with Gasteiger partial charge in [0, 0.05) is 4.11 Å². The van der Waals surface area contributed by atoms with Crippen LogP contribution in [0, 0.1) is 0 Å². The Balaban J connectivity index is 0.00000264. The monoisotopic (exact) mass is 274 g/mol. The lowest BCUT2D eigenvalue weighted by atomic mass is 9.73. The Morgan fingerprint density at radius 3 is 2.72 bits per heavy atom. The molecule has 0 amide bonds. The number of carbonyl (C=O) groups is 1. The van der Waals surface area contributed by atoms with Crippen LogP contribution in [0.4, 0.5) is 0 Å². The Kier molecular flexibility index (Phi) is 3.36. The fourth-order valence-electron chi connectivity index (χ4n) is 2.37. The van der Waals surface area contributed by atoms with Gasteiger partial charge in [-0.3, -0.25) is 4.79 Å². The van der Waals surface area contributed by atoms with E-state index in [-0.39, 0.29) is 12.4 Å². The van der Waals surface area contributed by atoms with E-state index in [1.54, 1.807) is 24.3 Å². The summed E-state index contributed by atoms with van der Waals surface area (Å²) in [5.74, 6) is -0.818. The van der Waals surface area contributed by atoms with Crippen molar-refractivity contribution in [2.45, 2.75) is 25.1 Å². The van der Waals surface area contributed by atoms with Crippen molar-refractivity contribution in [1.29, 1.82) is 0 Å². The van der Waals surface area contributed by atoms with Gasteiger partial charge in [-0.15, -0.1) is 12.4 Å². The molecule has 0 atom stereocenters. The molecule has 2 rings (SSSR count). The van der Waals surface area contributed by atoms with Crippen LogP contribution in [0.15, 0.2) is 30.3 Å². The molecule has 18 heavy (non-hydrogen) atoms. The van der Waals surface area contributed by atoms with Crippen LogP contribution in [0.25, 0.3) is 0 Å². The molecule has 0 bridgehead atoms. The van der Waals surface area contributed by atoms with Crippen molar-refractivity contribution in [1.82, 2.24) is 5.32 Å². The molecule has 1 aromatic rings. The lowest BCUT2D eigenvalue weighted by Crippen LogP contribution is -2.46. The molecule has 1 aliphatic rings. The van der Waals surface area contributed by atoms with Crippen molar-refractivity contribution in [2.75, 3.05) is 19.6 Å². The Bertz CT molecular complexity index is 530. The van der Waals surface area contributed by atoms with Crippen LogP contribution in [0.2, 0.25) is 0 Å². The summed E-state index contributed by atoms with van der Waals surface area (Å²) in [7, 11) is 0. The third-order valence-electron chi connectivity index (χ3n) is 3.32. The molecule has 1 aliphatic heterocycles. The maximum absolute atomic E-state index is 12.6. The van der Waals surface area contributed by atoms with Crippen molar-refractivity contribution >= 4 is 18.4 Å². The average Bonchev–Trinajstić information content (AvgIpc) is 2.47. The molecule has 1 saturated heterocycles. The molecule has 0 aliphatic carbocycles. The number of nitrogens with one attached hydrogen (secondary N) is 1. The predicted octanol–water partition coefficient (Wildman–Crippen LogP) is 2.29. The highest BCUT2D eigenvalue weighted by atomic mass is 35.5. The van der Waals surface area contributed by atoms with Crippen LogP contribution < -0.4 is 5.32 Å². The van der Waals surface area contributed by atoms with Crippen molar-refractivity contribution in [3.63, 3.8) is 0 Å². The van der Waals surface area contributed by atoms with Gasteiger partial charge < -0.3 is 10.1 Å². The lowest BCUT2D eigenvalue weighted by Gasteiger charge is -2.35. The van der Waals surface area contributed by atoms with Crippen molar-refractivity contribution < 1.29 is 16.4 Å². The van der Waals surface area contributed by atoms with Gasteiger partial charge in [-0.05, 0) is 38.3 Å². The topological polar surface area (TPSA) is 38.3 Å². The van der Waals surface area contributed by atoms with Crippen LogP contribution in [-0.2, 0) is 14.9 Å². The SMILES string of the molecule is Cl.[2H]C([2H])([2H])C([2H])([2H])OC(=O)C1(c2ccccc2)CCNCC1. The fourth-order valence-corrected chi connectivity index (χ4v) is 2.37. The summed E-state index contributed by atoms with van der Waals surface area (Å²) in [6.45, 7) is -4.86. The standard InChI is InChI=1S/C14H19NO2.ClH/c1-2-17-13(16)14(8-10-15-11-9-14)12-6-4-3-5-7-12;/h3-7,15H,2,8-11H2,1H3;1H/i1D3,2D2;. The lowest BCUT2D eigenvalue weighted by molar-refractivity contribution is -0.151.